The summed E-state index contributed by atoms with van der Waals surface area (Å²) in [6.07, 6.45) is 0. The van der Waals surface area contributed by atoms with Crippen LogP contribution < -0.4 is 5.32 Å². The van der Waals surface area contributed by atoms with E-state index in [9.17, 15) is 4.79 Å². The van der Waals surface area contributed by atoms with E-state index in [1.807, 2.05) is 42.6 Å². The summed E-state index contributed by atoms with van der Waals surface area (Å²) in [5.41, 5.74) is 0.996. The molecule has 1 amide bonds. The first kappa shape index (κ1) is 14.6. The van der Waals surface area contributed by atoms with Gasteiger partial charge in [-0.1, -0.05) is 30.0 Å². The molecule has 0 fully saturated rings. The van der Waals surface area contributed by atoms with Crippen molar-refractivity contribution in [1.82, 2.24) is 10.3 Å². The van der Waals surface area contributed by atoms with Crippen molar-refractivity contribution in [2.45, 2.75) is 23.1 Å². The monoisotopic (exact) mass is 334 g/mol. The number of para-hydroxylation sites is 1. The van der Waals surface area contributed by atoms with Crippen molar-refractivity contribution in [3.63, 3.8) is 0 Å². The van der Waals surface area contributed by atoms with Crippen molar-refractivity contribution in [3.8, 4) is 0 Å². The van der Waals surface area contributed by atoms with Gasteiger partial charge in [-0.25, -0.2) is 4.98 Å². The Morgan fingerprint density at radius 3 is 2.95 bits per heavy atom. The number of fused-ring (bicyclic) bond motifs is 1. The number of amides is 1. The predicted molar refractivity (Wildman–Crippen MR) is 91.1 cm³/mol. The van der Waals surface area contributed by atoms with E-state index < -0.39 is 0 Å². The highest BCUT2D eigenvalue weighted by Gasteiger charge is 2.16. The van der Waals surface area contributed by atoms with Crippen LogP contribution in [0.3, 0.4) is 0 Å². The molecule has 21 heavy (non-hydrogen) atoms. The number of carbonyl (C=O) groups excluding carboxylic acids is 1. The molecule has 0 aliphatic rings. The van der Waals surface area contributed by atoms with E-state index >= 15 is 0 Å². The molecule has 0 aliphatic heterocycles. The van der Waals surface area contributed by atoms with E-state index in [-0.39, 0.29) is 11.2 Å². The smallest absolute Gasteiger partial charge is 0.233 e. The zero-order valence-corrected chi connectivity index (χ0v) is 13.9. The molecular weight excluding hydrogens is 320 g/mol. The van der Waals surface area contributed by atoms with Gasteiger partial charge in [0.1, 0.15) is 0 Å². The van der Waals surface area contributed by atoms with Crippen molar-refractivity contribution < 1.29 is 4.79 Å². The number of rotatable bonds is 5. The number of thiophene rings is 1. The van der Waals surface area contributed by atoms with Gasteiger partial charge in [-0.05, 0) is 30.5 Å². The molecule has 1 N–H and O–H groups in total. The van der Waals surface area contributed by atoms with Crippen LogP contribution in [0.1, 0.15) is 11.8 Å². The number of hydrogen-bond acceptors (Lipinski definition) is 5. The summed E-state index contributed by atoms with van der Waals surface area (Å²) in [5, 5.41) is 4.83. The SMILES string of the molecule is CC(Sc1nc2ccccc2s1)C(=O)NCc1cccs1. The largest absolute Gasteiger partial charge is 0.350 e. The lowest BCUT2D eigenvalue weighted by atomic mass is 10.3. The minimum absolute atomic E-state index is 0.0488. The molecular formula is C15H14N2OS3. The fourth-order valence-corrected chi connectivity index (χ4v) is 4.72. The third-order valence-corrected chi connectivity index (χ3v) is 6.04. The lowest BCUT2D eigenvalue weighted by Gasteiger charge is -2.09. The molecule has 3 aromatic rings. The molecule has 0 radical (unpaired) electrons. The highest BCUT2D eigenvalue weighted by Crippen LogP contribution is 2.31. The third-order valence-electron chi connectivity index (χ3n) is 2.94. The van der Waals surface area contributed by atoms with Gasteiger partial charge in [0.2, 0.25) is 5.91 Å². The molecule has 0 bridgehead atoms. The van der Waals surface area contributed by atoms with Crippen LogP contribution >= 0.6 is 34.4 Å². The summed E-state index contributed by atoms with van der Waals surface area (Å²) >= 11 is 4.80. The van der Waals surface area contributed by atoms with Gasteiger partial charge in [0, 0.05) is 4.88 Å². The highest BCUT2D eigenvalue weighted by atomic mass is 32.2. The minimum atomic E-state index is -0.148. The van der Waals surface area contributed by atoms with Crippen molar-refractivity contribution in [3.05, 3.63) is 46.7 Å². The van der Waals surface area contributed by atoms with Crippen LogP contribution in [0.5, 0.6) is 0 Å². The maximum absolute atomic E-state index is 12.1. The number of nitrogens with zero attached hydrogens (tertiary/aromatic N) is 1. The molecule has 0 spiro atoms. The van der Waals surface area contributed by atoms with Crippen LogP contribution in [0, 0.1) is 0 Å². The lowest BCUT2D eigenvalue weighted by molar-refractivity contribution is -0.120. The Kier molecular flexibility index (Phi) is 4.57. The van der Waals surface area contributed by atoms with Gasteiger partial charge in [0.05, 0.1) is 22.0 Å². The number of thiazole rings is 1. The molecule has 108 valence electrons. The Morgan fingerprint density at radius 1 is 1.33 bits per heavy atom. The number of benzene rings is 1. The van der Waals surface area contributed by atoms with Crippen molar-refractivity contribution in [2.24, 2.45) is 0 Å². The molecule has 0 saturated heterocycles. The van der Waals surface area contributed by atoms with Crippen molar-refractivity contribution in [2.75, 3.05) is 0 Å². The fraction of sp³-hybridized carbons (Fsp3) is 0.200. The number of nitrogens with one attached hydrogen (secondary N) is 1. The first-order chi connectivity index (χ1) is 10.2. The summed E-state index contributed by atoms with van der Waals surface area (Å²) in [6.45, 7) is 2.52. The lowest BCUT2D eigenvalue weighted by Crippen LogP contribution is -2.30. The quantitative estimate of drug-likeness (QED) is 0.713. The van der Waals surface area contributed by atoms with Crippen LogP contribution in [-0.4, -0.2) is 16.1 Å². The summed E-state index contributed by atoms with van der Waals surface area (Å²) in [7, 11) is 0. The summed E-state index contributed by atoms with van der Waals surface area (Å²) in [6, 6.07) is 12.1. The first-order valence-corrected chi connectivity index (χ1v) is 9.12. The molecule has 3 nitrogen and oxygen atoms in total. The van der Waals surface area contributed by atoms with Crippen LogP contribution in [0.4, 0.5) is 0 Å². The standard InChI is InChI=1S/C15H14N2OS3/c1-10(14(18)16-9-11-5-4-8-19-11)20-15-17-12-6-2-3-7-13(12)21-15/h2-8,10H,9H2,1H3,(H,16,18). The zero-order chi connectivity index (χ0) is 14.7. The normalized spacial score (nSPS) is 12.4. The molecule has 1 aromatic carbocycles. The fourth-order valence-electron chi connectivity index (χ4n) is 1.84. The maximum atomic E-state index is 12.1. The predicted octanol–water partition coefficient (Wildman–Crippen LogP) is 4.15. The Hall–Kier alpha value is -1.37. The second kappa shape index (κ2) is 6.60. The third kappa shape index (κ3) is 3.64. The average molecular weight is 334 g/mol. The highest BCUT2D eigenvalue weighted by molar-refractivity contribution is 8.02. The number of hydrogen-bond donors (Lipinski definition) is 1. The second-order valence-electron chi connectivity index (χ2n) is 4.50. The van der Waals surface area contributed by atoms with Gasteiger partial charge in [0.15, 0.2) is 4.34 Å². The molecule has 1 atom stereocenters. The van der Waals surface area contributed by atoms with Crippen LogP contribution in [0.15, 0.2) is 46.1 Å². The molecule has 0 saturated carbocycles. The van der Waals surface area contributed by atoms with Gasteiger partial charge in [-0.3, -0.25) is 4.79 Å². The van der Waals surface area contributed by atoms with Gasteiger partial charge in [0.25, 0.3) is 0 Å². The second-order valence-corrected chi connectivity index (χ2v) is 8.16. The maximum Gasteiger partial charge on any atom is 0.233 e. The number of thioether (sulfide) groups is 1. The number of aromatic nitrogens is 1. The van der Waals surface area contributed by atoms with Gasteiger partial charge >= 0.3 is 0 Å². The van der Waals surface area contributed by atoms with E-state index in [0.29, 0.717) is 6.54 Å². The molecule has 6 heteroatoms. The van der Waals surface area contributed by atoms with E-state index in [0.717, 1.165) is 14.6 Å². The van der Waals surface area contributed by atoms with E-state index in [4.69, 9.17) is 0 Å². The van der Waals surface area contributed by atoms with Crippen LogP contribution in [0.2, 0.25) is 0 Å². The van der Waals surface area contributed by atoms with Gasteiger partial charge < -0.3 is 5.32 Å². The average Bonchev–Trinajstić information content (AvgIpc) is 3.13. The first-order valence-electron chi connectivity index (χ1n) is 6.55. The van der Waals surface area contributed by atoms with Crippen LogP contribution in [-0.2, 0) is 11.3 Å². The molecule has 2 heterocycles. The Morgan fingerprint density at radius 2 is 2.19 bits per heavy atom. The van der Waals surface area contributed by atoms with Crippen molar-refractivity contribution in [1.29, 1.82) is 0 Å². The molecule has 1 unspecified atom stereocenters. The Balaban J connectivity index is 1.59. The summed E-state index contributed by atoms with van der Waals surface area (Å²) < 4.78 is 2.10. The molecule has 2 aromatic heterocycles. The van der Waals surface area contributed by atoms with Gasteiger partial charge in [-0.15, -0.1) is 22.7 Å². The van der Waals surface area contributed by atoms with E-state index in [1.165, 1.54) is 16.6 Å². The van der Waals surface area contributed by atoms with Crippen molar-refractivity contribution >= 4 is 50.6 Å². The topological polar surface area (TPSA) is 42.0 Å². The molecule has 3 rings (SSSR count). The molecule has 0 aliphatic carbocycles. The Labute approximate surface area is 135 Å². The van der Waals surface area contributed by atoms with Crippen LogP contribution in [0.25, 0.3) is 10.2 Å². The number of carbonyl (C=O) groups is 1. The minimum Gasteiger partial charge on any atom is -0.350 e. The Bertz CT molecular complexity index is 703. The van der Waals surface area contributed by atoms with E-state index in [1.54, 1.807) is 22.7 Å². The summed E-state index contributed by atoms with van der Waals surface area (Å²) in [4.78, 5) is 17.8. The summed E-state index contributed by atoms with van der Waals surface area (Å²) in [5.74, 6) is 0.0488. The van der Waals surface area contributed by atoms with E-state index in [2.05, 4.69) is 16.4 Å². The zero-order valence-electron chi connectivity index (χ0n) is 11.4. The van der Waals surface area contributed by atoms with Gasteiger partial charge in [-0.2, -0.15) is 0 Å².